The summed E-state index contributed by atoms with van der Waals surface area (Å²) in [5, 5.41) is 22.4. The van der Waals surface area contributed by atoms with E-state index in [1.165, 1.54) is 18.2 Å². The minimum Gasteiger partial charge on any atom is -0.321 e. The Balaban J connectivity index is 2.00. The van der Waals surface area contributed by atoms with Gasteiger partial charge in [0.05, 0.1) is 33.6 Å². The van der Waals surface area contributed by atoms with Crippen LogP contribution in [0.4, 0.5) is 42.1 Å². The normalized spacial score (nSPS) is 11.8. The number of halogens is 9. The SMILES string of the molecule is Cc1cc(C#N)ccc1C(=O)Nc1cc(C(=O)Nc2c(Cl)ccc(C(F)(C(F)(F)F)C(F)(F)F)c2Br)ccc1C#N. The Morgan fingerprint density at radius 1 is 0.854 bits per heavy atom. The molecule has 3 aromatic rings. The van der Waals surface area contributed by atoms with Crippen LogP contribution in [0.1, 0.15) is 43.0 Å². The van der Waals surface area contributed by atoms with Crippen molar-refractivity contribution >= 4 is 50.7 Å². The maximum Gasteiger partial charge on any atom is 0.435 e. The molecule has 0 aliphatic rings. The summed E-state index contributed by atoms with van der Waals surface area (Å²) in [4.78, 5) is 25.8. The molecule has 2 N–H and O–H groups in total. The number of carbonyl (C=O) groups excluding carboxylic acids is 2. The van der Waals surface area contributed by atoms with Gasteiger partial charge in [0.1, 0.15) is 6.07 Å². The van der Waals surface area contributed by atoms with E-state index in [1.807, 2.05) is 11.4 Å². The zero-order chi connectivity index (χ0) is 30.9. The smallest absolute Gasteiger partial charge is 0.321 e. The number of hydrogen-bond acceptors (Lipinski definition) is 4. The van der Waals surface area contributed by atoms with Crippen LogP contribution in [0.25, 0.3) is 0 Å². The van der Waals surface area contributed by atoms with E-state index in [2.05, 4.69) is 21.2 Å². The van der Waals surface area contributed by atoms with Gasteiger partial charge in [0.15, 0.2) is 0 Å². The van der Waals surface area contributed by atoms with Crippen molar-refractivity contribution in [3.05, 3.63) is 91.4 Å². The molecule has 2 amide bonds. The number of benzene rings is 3. The van der Waals surface area contributed by atoms with Crippen LogP contribution < -0.4 is 10.6 Å². The first-order valence-electron chi connectivity index (χ1n) is 10.9. The van der Waals surface area contributed by atoms with Gasteiger partial charge in [0.2, 0.25) is 0 Å². The monoisotopic (exact) mass is 660 g/mol. The Morgan fingerprint density at radius 3 is 2.02 bits per heavy atom. The summed E-state index contributed by atoms with van der Waals surface area (Å²) < 4.78 is 93.5. The summed E-state index contributed by atoms with van der Waals surface area (Å²) in [5.41, 5.74) is -8.21. The topological polar surface area (TPSA) is 106 Å². The Labute approximate surface area is 240 Å². The third-order valence-corrected chi connectivity index (χ3v) is 6.87. The second kappa shape index (κ2) is 11.4. The minimum absolute atomic E-state index is 0.0972. The Kier molecular flexibility index (Phi) is 8.72. The van der Waals surface area contributed by atoms with Crippen molar-refractivity contribution in [2.45, 2.75) is 24.9 Å². The van der Waals surface area contributed by atoms with Crippen molar-refractivity contribution in [3.63, 3.8) is 0 Å². The van der Waals surface area contributed by atoms with E-state index in [9.17, 15) is 45.6 Å². The first kappa shape index (κ1) is 31.4. The van der Waals surface area contributed by atoms with Gasteiger partial charge in [-0.1, -0.05) is 17.7 Å². The molecule has 0 spiro atoms. The number of rotatable bonds is 5. The standard InChI is InChI=1S/C26H13BrClF7N4O2/c1-12-8-13(10-36)2-5-16(12)23(41)38-19-9-14(3-4-15(19)11-37)22(40)39-21-18(28)7-6-17(20(21)27)24(29,25(30,31)32)26(33,34)35/h2-9H,1H3,(H,38,41)(H,39,40). The van der Waals surface area contributed by atoms with Gasteiger partial charge >= 0.3 is 18.0 Å². The van der Waals surface area contributed by atoms with Gasteiger partial charge in [0.25, 0.3) is 11.8 Å². The van der Waals surface area contributed by atoms with E-state index in [-0.39, 0.29) is 28.4 Å². The molecule has 0 atom stereocenters. The summed E-state index contributed by atoms with van der Waals surface area (Å²) in [7, 11) is 0. The number of nitriles is 2. The van der Waals surface area contributed by atoms with E-state index in [0.717, 1.165) is 18.2 Å². The lowest BCUT2D eigenvalue weighted by atomic mass is 9.93. The molecule has 0 radical (unpaired) electrons. The fraction of sp³-hybridized carbons (Fsp3) is 0.154. The molecule has 0 aliphatic carbocycles. The summed E-state index contributed by atoms with van der Waals surface area (Å²) >= 11 is 8.42. The summed E-state index contributed by atoms with van der Waals surface area (Å²) in [5.74, 6) is -1.85. The average Bonchev–Trinajstić information content (AvgIpc) is 2.89. The molecule has 15 heteroatoms. The van der Waals surface area contributed by atoms with Crippen LogP contribution in [0.15, 0.2) is 53.0 Å². The lowest BCUT2D eigenvalue weighted by molar-refractivity contribution is -0.348. The predicted octanol–water partition coefficient (Wildman–Crippen LogP) is 7.95. The van der Waals surface area contributed by atoms with E-state index >= 15 is 0 Å². The number of amides is 2. The van der Waals surface area contributed by atoms with Crippen LogP contribution in [-0.4, -0.2) is 24.2 Å². The van der Waals surface area contributed by atoms with Gasteiger partial charge in [0, 0.05) is 21.2 Å². The van der Waals surface area contributed by atoms with E-state index in [0.29, 0.717) is 17.2 Å². The summed E-state index contributed by atoms with van der Waals surface area (Å²) in [6.45, 7) is 1.56. The van der Waals surface area contributed by atoms with Gasteiger partial charge in [-0.15, -0.1) is 0 Å². The number of nitrogens with zero attached hydrogens (tertiary/aromatic N) is 2. The maximum atomic E-state index is 14.7. The fourth-order valence-electron chi connectivity index (χ4n) is 3.65. The van der Waals surface area contributed by atoms with Crippen LogP contribution in [0.3, 0.4) is 0 Å². The predicted molar refractivity (Wildman–Crippen MR) is 137 cm³/mol. The first-order valence-corrected chi connectivity index (χ1v) is 12.1. The maximum absolute atomic E-state index is 14.7. The van der Waals surface area contributed by atoms with Crippen LogP contribution in [0.5, 0.6) is 0 Å². The quantitative estimate of drug-likeness (QED) is 0.271. The highest BCUT2D eigenvalue weighted by atomic mass is 79.9. The van der Waals surface area contributed by atoms with E-state index in [4.69, 9.17) is 16.9 Å². The van der Waals surface area contributed by atoms with Crippen molar-refractivity contribution in [3.8, 4) is 12.1 Å². The molecule has 0 aliphatic heterocycles. The number of carbonyl (C=O) groups is 2. The van der Waals surface area contributed by atoms with Crippen molar-refractivity contribution in [1.29, 1.82) is 10.5 Å². The zero-order valence-corrected chi connectivity index (χ0v) is 22.6. The van der Waals surface area contributed by atoms with Crippen molar-refractivity contribution < 1.29 is 40.3 Å². The molecule has 0 heterocycles. The van der Waals surface area contributed by atoms with Crippen molar-refractivity contribution in [1.82, 2.24) is 0 Å². The highest BCUT2D eigenvalue weighted by Crippen LogP contribution is 2.56. The van der Waals surface area contributed by atoms with Gasteiger partial charge in [-0.2, -0.15) is 36.9 Å². The van der Waals surface area contributed by atoms with Crippen molar-refractivity contribution in [2.24, 2.45) is 0 Å². The van der Waals surface area contributed by atoms with Crippen LogP contribution in [-0.2, 0) is 5.67 Å². The largest absolute Gasteiger partial charge is 0.435 e. The molecule has 6 nitrogen and oxygen atoms in total. The van der Waals surface area contributed by atoms with Crippen molar-refractivity contribution in [2.75, 3.05) is 10.6 Å². The Bertz CT molecular complexity index is 1630. The summed E-state index contributed by atoms with van der Waals surface area (Å²) in [6, 6.07) is 11.9. The third kappa shape index (κ3) is 5.99. The van der Waals surface area contributed by atoms with Gasteiger partial charge in [-0.25, -0.2) is 4.39 Å². The highest BCUT2D eigenvalue weighted by molar-refractivity contribution is 9.10. The van der Waals surface area contributed by atoms with Crippen LogP contribution >= 0.6 is 27.5 Å². The molecule has 0 saturated carbocycles. The number of nitrogens with one attached hydrogen (secondary N) is 2. The Hall–Kier alpha value is -4.14. The second-order valence-corrected chi connectivity index (χ2v) is 9.56. The molecule has 212 valence electrons. The first-order chi connectivity index (χ1) is 19.0. The number of alkyl halides is 7. The highest BCUT2D eigenvalue weighted by Gasteiger charge is 2.74. The number of hydrogen-bond donors (Lipinski definition) is 2. The number of aryl methyl sites for hydroxylation is 1. The molecule has 0 saturated heterocycles. The van der Waals surface area contributed by atoms with Gasteiger partial charge in [-0.05, 0) is 70.9 Å². The number of anilines is 2. The average molecular weight is 662 g/mol. The fourth-order valence-corrected chi connectivity index (χ4v) is 4.69. The van der Waals surface area contributed by atoms with E-state index < -0.39 is 50.6 Å². The minimum atomic E-state index is -6.42. The Morgan fingerprint density at radius 2 is 1.49 bits per heavy atom. The molecule has 3 aromatic carbocycles. The second-order valence-electron chi connectivity index (χ2n) is 8.36. The molecule has 0 aromatic heterocycles. The molecule has 0 bridgehead atoms. The molecule has 3 rings (SSSR count). The molecular formula is C26H13BrClF7N4O2. The summed E-state index contributed by atoms with van der Waals surface area (Å²) in [6.07, 6.45) is -12.8. The third-order valence-electron chi connectivity index (χ3n) is 5.73. The van der Waals surface area contributed by atoms with Crippen LogP contribution in [0, 0.1) is 29.6 Å². The van der Waals surface area contributed by atoms with Gasteiger partial charge < -0.3 is 10.6 Å². The lowest BCUT2D eigenvalue weighted by Crippen LogP contribution is -2.50. The molecule has 41 heavy (non-hydrogen) atoms. The van der Waals surface area contributed by atoms with E-state index in [1.54, 1.807) is 13.0 Å². The molecule has 0 unspecified atom stereocenters. The molecule has 0 fully saturated rings. The van der Waals surface area contributed by atoms with Gasteiger partial charge in [-0.3, -0.25) is 9.59 Å². The molecular weight excluding hydrogens is 649 g/mol. The zero-order valence-electron chi connectivity index (χ0n) is 20.2. The van der Waals surface area contributed by atoms with Crippen LogP contribution in [0.2, 0.25) is 5.02 Å². The lowest BCUT2D eigenvalue weighted by Gasteiger charge is -2.31.